The van der Waals surface area contributed by atoms with Gasteiger partial charge in [0, 0.05) is 13.0 Å². The van der Waals surface area contributed by atoms with E-state index in [1.165, 1.54) is 6.42 Å². The fraction of sp³-hybridized carbons (Fsp3) is 0.917. The van der Waals surface area contributed by atoms with Crippen LogP contribution in [-0.4, -0.2) is 31.1 Å². The first-order chi connectivity index (χ1) is 7.83. The van der Waals surface area contributed by atoms with Gasteiger partial charge in [-0.1, -0.05) is 0 Å². The molecule has 0 aromatic carbocycles. The lowest BCUT2D eigenvalue weighted by atomic mass is 9.88. The van der Waals surface area contributed by atoms with Crippen molar-refractivity contribution in [2.75, 3.05) is 6.61 Å². The quantitative estimate of drug-likeness (QED) is 0.671. The summed E-state index contributed by atoms with van der Waals surface area (Å²) in [6.45, 7) is 0.796. The first-order valence-corrected chi connectivity index (χ1v) is 6.30. The summed E-state index contributed by atoms with van der Waals surface area (Å²) in [6, 6.07) is 0. The molecule has 0 N–H and O–H groups in total. The van der Waals surface area contributed by atoms with Crippen molar-refractivity contribution >= 4 is 5.97 Å². The van der Waals surface area contributed by atoms with Gasteiger partial charge in [-0.15, -0.1) is 0 Å². The lowest BCUT2D eigenvalue weighted by Crippen LogP contribution is -2.37. The van der Waals surface area contributed by atoms with Crippen LogP contribution in [0.5, 0.6) is 0 Å². The van der Waals surface area contributed by atoms with Gasteiger partial charge in [-0.05, 0) is 32.1 Å². The van der Waals surface area contributed by atoms with Crippen molar-refractivity contribution in [3.05, 3.63) is 0 Å². The smallest absolute Gasteiger partial charge is 0.309 e. The second kappa shape index (κ2) is 4.34. The second-order valence-corrected chi connectivity index (χ2v) is 4.96. The van der Waals surface area contributed by atoms with Gasteiger partial charge in [0.2, 0.25) is 0 Å². The molecule has 0 aromatic rings. The van der Waals surface area contributed by atoms with Crippen LogP contribution in [0.3, 0.4) is 0 Å². The monoisotopic (exact) mass is 226 g/mol. The van der Waals surface area contributed by atoms with Crippen molar-refractivity contribution in [2.45, 2.75) is 57.0 Å². The molecule has 4 nitrogen and oxygen atoms in total. The zero-order valence-electron chi connectivity index (χ0n) is 9.39. The van der Waals surface area contributed by atoms with Crippen molar-refractivity contribution < 1.29 is 19.0 Å². The molecule has 2 bridgehead atoms. The predicted octanol–water partition coefficient (Wildman–Crippen LogP) is 1.62. The van der Waals surface area contributed by atoms with E-state index >= 15 is 0 Å². The van der Waals surface area contributed by atoms with Gasteiger partial charge < -0.3 is 14.2 Å². The number of hydrogen-bond donors (Lipinski definition) is 0. The summed E-state index contributed by atoms with van der Waals surface area (Å²) < 4.78 is 16.8. The highest BCUT2D eigenvalue weighted by atomic mass is 16.7. The van der Waals surface area contributed by atoms with Gasteiger partial charge in [0.15, 0.2) is 6.29 Å². The summed E-state index contributed by atoms with van der Waals surface area (Å²) in [7, 11) is 0. The highest BCUT2D eigenvalue weighted by Gasteiger charge is 2.44. The molecule has 2 aliphatic heterocycles. The minimum Gasteiger partial charge on any atom is -0.459 e. The Hall–Kier alpha value is -0.610. The summed E-state index contributed by atoms with van der Waals surface area (Å²) in [5, 5.41) is 0. The molecule has 1 saturated carbocycles. The van der Waals surface area contributed by atoms with Gasteiger partial charge in [-0.3, -0.25) is 4.79 Å². The molecule has 0 aromatic heterocycles. The molecule has 3 rings (SSSR count). The van der Waals surface area contributed by atoms with Crippen LogP contribution in [0.15, 0.2) is 0 Å². The third-order valence-corrected chi connectivity index (χ3v) is 3.80. The van der Waals surface area contributed by atoms with Gasteiger partial charge in [0.1, 0.15) is 6.10 Å². The van der Waals surface area contributed by atoms with Gasteiger partial charge in [-0.25, -0.2) is 0 Å². The molecule has 4 atom stereocenters. The molecule has 0 spiro atoms. The van der Waals surface area contributed by atoms with E-state index in [1.807, 2.05) is 0 Å². The number of rotatable bonds is 2. The molecule has 1 aliphatic carbocycles. The van der Waals surface area contributed by atoms with E-state index in [2.05, 4.69) is 0 Å². The Morgan fingerprint density at radius 2 is 2.12 bits per heavy atom. The molecule has 4 heteroatoms. The predicted molar refractivity (Wildman–Crippen MR) is 55.7 cm³/mol. The van der Waals surface area contributed by atoms with Crippen molar-refractivity contribution in [2.24, 2.45) is 5.92 Å². The Labute approximate surface area is 95.2 Å². The van der Waals surface area contributed by atoms with Crippen LogP contribution in [-0.2, 0) is 19.0 Å². The van der Waals surface area contributed by atoms with E-state index < -0.39 is 0 Å². The maximum Gasteiger partial charge on any atom is 0.309 e. The average Bonchev–Trinajstić information content (AvgIpc) is 2.61. The Morgan fingerprint density at radius 3 is 2.94 bits per heavy atom. The highest BCUT2D eigenvalue weighted by Crippen LogP contribution is 2.36. The first kappa shape index (κ1) is 10.5. The summed E-state index contributed by atoms with van der Waals surface area (Å²) in [5.74, 6) is 0.109. The van der Waals surface area contributed by atoms with E-state index in [0.29, 0.717) is 0 Å². The maximum atomic E-state index is 11.4. The lowest BCUT2D eigenvalue weighted by molar-refractivity contribution is -0.210. The molecular formula is C12H18O4. The molecule has 3 fully saturated rings. The van der Waals surface area contributed by atoms with Gasteiger partial charge in [0.05, 0.1) is 12.0 Å². The van der Waals surface area contributed by atoms with Gasteiger partial charge in [0.25, 0.3) is 0 Å². The van der Waals surface area contributed by atoms with Crippen LogP contribution < -0.4 is 0 Å². The van der Waals surface area contributed by atoms with Crippen molar-refractivity contribution in [1.82, 2.24) is 0 Å². The Morgan fingerprint density at radius 1 is 1.19 bits per heavy atom. The summed E-state index contributed by atoms with van der Waals surface area (Å²) >= 11 is 0. The summed E-state index contributed by atoms with van der Waals surface area (Å²) in [6.07, 6.45) is 5.93. The van der Waals surface area contributed by atoms with E-state index in [1.54, 1.807) is 0 Å². The van der Waals surface area contributed by atoms with Crippen molar-refractivity contribution in [3.63, 3.8) is 0 Å². The number of esters is 1. The average molecular weight is 226 g/mol. The van der Waals surface area contributed by atoms with E-state index in [9.17, 15) is 4.79 Å². The standard InChI is InChI=1S/C12H18O4/c13-12-8-4-5-9(10(7-8)16-12)15-11-3-1-2-6-14-11/h8-11H,1-7H2/t8-,9?,10-,11?/m0/s1. The number of fused-ring (bicyclic) bond motifs is 2. The SMILES string of the molecule is O=C1O[C@H]2C[C@@H]1CCC2OC1CCCCO1. The molecule has 2 unspecified atom stereocenters. The molecule has 2 heterocycles. The third kappa shape index (κ3) is 1.96. The molecule has 3 aliphatic rings. The van der Waals surface area contributed by atoms with E-state index in [0.717, 1.165) is 38.7 Å². The fourth-order valence-electron chi connectivity index (χ4n) is 2.85. The number of ether oxygens (including phenoxy) is 3. The maximum absolute atomic E-state index is 11.4. The Balaban J connectivity index is 1.57. The van der Waals surface area contributed by atoms with Crippen LogP contribution in [0.4, 0.5) is 0 Å². The third-order valence-electron chi connectivity index (χ3n) is 3.80. The second-order valence-electron chi connectivity index (χ2n) is 4.96. The van der Waals surface area contributed by atoms with Gasteiger partial charge >= 0.3 is 5.97 Å². The van der Waals surface area contributed by atoms with Gasteiger partial charge in [-0.2, -0.15) is 0 Å². The summed E-state index contributed by atoms with van der Waals surface area (Å²) in [5.41, 5.74) is 0. The zero-order valence-corrected chi connectivity index (χ0v) is 9.39. The van der Waals surface area contributed by atoms with Crippen molar-refractivity contribution in [3.8, 4) is 0 Å². The molecule has 90 valence electrons. The Kier molecular flexibility index (Phi) is 2.86. The zero-order chi connectivity index (χ0) is 11.0. The topological polar surface area (TPSA) is 44.8 Å². The van der Waals surface area contributed by atoms with Crippen LogP contribution in [0, 0.1) is 5.92 Å². The number of hydrogen-bond acceptors (Lipinski definition) is 4. The number of carbonyl (C=O) groups excluding carboxylic acids is 1. The van der Waals surface area contributed by atoms with Crippen LogP contribution in [0.1, 0.15) is 38.5 Å². The van der Waals surface area contributed by atoms with E-state index in [4.69, 9.17) is 14.2 Å². The molecular weight excluding hydrogens is 208 g/mol. The lowest BCUT2D eigenvalue weighted by Gasteiger charge is -2.31. The molecule has 2 saturated heterocycles. The fourth-order valence-corrected chi connectivity index (χ4v) is 2.85. The minimum absolute atomic E-state index is 0.0169. The first-order valence-electron chi connectivity index (χ1n) is 6.30. The highest BCUT2D eigenvalue weighted by molar-refractivity contribution is 5.75. The summed E-state index contributed by atoms with van der Waals surface area (Å²) in [4.78, 5) is 11.4. The van der Waals surface area contributed by atoms with Crippen LogP contribution >= 0.6 is 0 Å². The molecule has 0 amide bonds. The molecule has 16 heavy (non-hydrogen) atoms. The minimum atomic E-state index is -0.0744. The normalized spacial score (nSPS) is 43.1. The van der Waals surface area contributed by atoms with E-state index in [-0.39, 0.29) is 30.4 Å². The van der Waals surface area contributed by atoms with Crippen LogP contribution in [0.2, 0.25) is 0 Å². The Bertz CT molecular complexity index is 272. The number of carbonyl (C=O) groups is 1. The van der Waals surface area contributed by atoms with Crippen molar-refractivity contribution in [1.29, 1.82) is 0 Å². The van der Waals surface area contributed by atoms with Crippen LogP contribution in [0.25, 0.3) is 0 Å². The largest absolute Gasteiger partial charge is 0.459 e. The molecule has 0 radical (unpaired) electrons.